The smallest absolute Gasteiger partial charge is 0.135 e. The van der Waals surface area contributed by atoms with Gasteiger partial charge in [-0.15, -0.1) is 0 Å². The van der Waals surface area contributed by atoms with Crippen molar-refractivity contribution in [3.05, 3.63) is 36.1 Å². The zero-order valence-electron chi connectivity index (χ0n) is 10.9. The number of morpholine rings is 1. The van der Waals surface area contributed by atoms with Gasteiger partial charge < -0.3 is 9.15 Å². The Balaban J connectivity index is 1.85. The number of para-hydroxylation sites is 1. The molecule has 0 saturated carbocycles. The van der Waals surface area contributed by atoms with Gasteiger partial charge in [0.25, 0.3) is 0 Å². The number of hydrogen-bond acceptors (Lipinski definition) is 3. The summed E-state index contributed by atoms with van der Waals surface area (Å²) in [5.41, 5.74) is 0.942. The number of benzene rings is 1. The maximum absolute atomic E-state index is 5.88. The normalized spacial score (nSPS) is 21.8. The minimum Gasteiger partial charge on any atom is -0.458 e. The largest absolute Gasteiger partial charge is 0.458 e. The van der Waals surface area contributed by atoms with Crippen LogP contribution in [0.3, 0.4) is 0 Å². The Morgan fingerprint density at radius 1 is 1.28 bits per heavy atom. The second kappa shape index (κ2) is 4.75. The highest BCUT2D eigenvalue weighted by atomic mass is 16.5. The van der Waals surface area contributed by atoms with Gasteiger partial charge in [0.1, 0.15) is 17.4 Å². The van der Waals surface area contributed by atoms with E-state index in [0.29, 0.717) is 6.04 Å². The molecule has 2 heterocycles. The molecule has 1 fully saturated rings. The molecule has 0 aliphatic carbocycles. The van der Waals surface area contributed by atoms with Crippen molar-refractivity contribution in [3.8, 4) is 0 Å². The van der Waals surface area contributed by atoms with Crippen LogP contribution in [0.5, 0.6) is 0 Å². The Morgan fingerprint density at radius 3 is 2.89 bits per heavy atom. The van der Waals surface area contributed by atoms with E-state index in [1.165, 1.54) is 0 Å². The summed E-state index contributed by atoms with van der Waals surface area (Å²) in [5.74, 6) is 0.946. The summed E-state index contributed by atoms with van der Waals surface area (Å²) in [5, 5.41) is 1.15. The highest BCUT2D eigenvalue weighted by molar-refractivity contribution is 5.77. The third kappa shape index (κ3) is 2.16. The molecule has 96 valence electrons. The first-order chi connectivity index (χ1) is 8.74. The van der Waals surface area contributed by atoms with Crippen LogP contribution in [0, 0.1) is 0 Å². The summed E-state index contributed by atoms with van der Waals surface area (Å²) >= 11 is 0. The van der Waals surface area contributed by atoms with E-state index in [4.69, 9.17) is 9.15 Å². The van der Waals surface area contributed by atoms with Crippen molar-refractivity contribution in [2.24, 2.45) is 0 Å². The minimum atomic E-state index is 0.0635. The quantitative estimate of drug-likeness (QED) is 0.812. The van der Waals surface area contributed by atoms with Crippen LogP contribution in [0.15, 0.2) is 34.7 Å². The van der Waals surface area contributed by atoms with E-state index in [1.54, 1.807) is 0 Å². The second-order valence-corrected chi connectivity index (χ2v) is 5.13. The van der Waals surface area contributed by atoms with Crippen molar-refractivity contribution < 1.29 is 9.15 Å². The zero-order chi connectivity index (χ0) is 12.5. The summed E-state index contributed by atoms with van der Waals surface area (Å²) < 4.78 is 11.7. The van der Waals surface area contributed by atoms with Crippen LogP contribution in [0.1, 0.15) is 25.7 Å². The van der Waals surface area contributed by atoms with E-state index >= 15 is 0 Å². The molecule has 0 bridgehead atoms. The van der Waals surface area contributed by atoms with E-state index in [9.17, 15) is 0 Å². The second-order valence-electron chi connectivity index (χ2n) is 5.13. The van der Waals surface area contributed by atoms with E-state index in [0.717, 1.165) is 36.4 Å². The molecule has 3 rings (SSSR count). The van der Waals surface area contributed by atoms with Crippen molar-refractivity contribution in [2.45, 2.75) is 26.0 Å². The van der Waals surface area contributed by atoms with Crippen molar-refractivity contribution >= 4 is 11.0 Å². The van der Waals surface area contributed by atoms with Gasteiger partial charge in [0.2, 0.25) is 0 Å². The number of fused-ring (bicyclic) bond motifs is 1. The van der Waals surface area contributed by atoms with Gasteiger partial charge in [-0.1, -0.05) is 18.2 Å². The molecule has 1 atom stereocenters. The molecule has 1 aromatic heterocycles. The Labute approximate surface area is 107 Å². The predicted molar refractivity (Wildman–Crippen MR) is 71.6 cm³/mol. The lowest BCUT2D eigenvalue weighted by Gasteiger charge is -2.34. The summed E-state index contributed by atoms with van der Waals surface area (Å²) in [7, 11) is 0. The molecule has 1 saturated heterocycles. The van der Waals surface area contributed by atoms with Crippen LogP contribution in [-0.2, 0) is 4.74 Å². The fourth-order valence-electron chi connectivity index (χ4n) is 2.47. The zero-order valence-corrected chi connectivity index (χ0v) is 10.9. The van der Waals surface area contributed by atoms with Crippen LogP contribution in [0.4, 0.5) is 0 Å². The predicted octanol–water partition coefficient (Wildman–Crippen LogP) is 3.21. The molecule has 3 nitrogen and oxygen atoms in total. The van der Waals surface area contributed by atoms with Crippen molar-refractivity contribution in [2.75, 3.05) is 19.7 Å². The number of ether oxygens (including phenoxy) is 1. The summed E-state index contributed by atoms with van der Waals surface area (Å²) in [4.78, 5) is 2.43. The molecule has 18 heavy (non-hydrogen) atoms. The fourth-order valence-corrected chi connectivity index (χ4v) is 2.47. The van der Waals surface area contributed by atoms with Crippen LogP contribution in [0.25, 0.3) is 11.0 Å². The van der Waals surface area contributed by atoms with Crippen LogP contribution in [0.2, 0.25) is 0 Å². The third-order valence-corrected chi connectivity index (χ3v) is 3.59. The Hall–Kier alpha value is -1.32. The average molecular weight is 245 g/mol. The molecule has 1 aliphatic heterocycles. The van der Waals surface area contributed by atoms with E-state index < -0.39 is 0 Å². The standard InChI is InChI=1S/C15H19NO2/c1-11(2)16-7-8-17-15(10-16)14-9-12-5-3-4-6-13(12)18-14/h3-6,9,11,15H,7-8,10H2,1-2H3. The maximum Gasteiger partial charge on any atom is 0.135 e. The molecule has 0 radical (unpaired) electrons. The van der Waals surface area contributed by atoms with Gasteiger partial charge in [0.05, 0.1) is 6.61 Å². The maximum atomic E-state index is 5.88. The molecular formula is C15H19NO2. The first-order valence-electron chi connectivity index (χ1n) is 6.58. The highest BCUT2D eigenvalue weighted by Crippen LogP contribution is 2.28. The number of furan rings is 1. The van der Waals surface area contributed by atoms with E-state index in [1.807, 2.05) is 18.2 Å². The highest BCUT2D eigenvalue weighted by Gasteiger charge is 2.26. The lowest BCUT2D eigenvalue weighted by Crippen LogP contribution is -2.42. The van der Waals surface area contributed by atoms with Crippen molar-refractivity contribution in [3.63, 3.8) is 0 Å². The summed E-state index contributed by atoms with van der Waals surface area (Å²) in [6, 6.07) is 10.8. The molecule has 2 aromatic rings. The van der Waals surface area contributed by atoms with E-state index in [-0.39, 0.29) is 6.10 Å². The molecule has 1 unspecified atom stereocenters. The lowest BCUT2D eigenvalue weighted by molar-refractivity contribution is -0.0489. The molecule has 0 spiro atoms. The van der Waals surface area contributed by atoms with Crippen LogP contribution in [-0.4, -0.2) is 30.6 Å². The molecular weight excluding hydrogens is 226 g/mol. The van der Waals surface area contributed by atoms with Gasteiger partial charge in [-0.25, -0.2) is 0 Å². The molecule has 0 N–H and O–H groups in total. The van der Waals surface area contributed by atoms with Crippen molar-refractivity contribution in [1.82, 2.24) is 4.90 Å². The molecule has 1 aliphatic rings. The Bertz CT molecular complexity index is 499. The molecule has 0 amide bonds. The monoisotopic (exact) mass is 245 g/mol. The molecule has 3 heteroatoms. The van der Waals surface area contributed by atoms with Gasteiger partial charge in [0.15, 0.2) is 0 Å². The molecule has 1 aromatic carbocycles. The SMILES string of the molecule is CC(C)N1CCOC(c2cc3ccccc3o2)C1. The van der Waals surface area contributed by atoms with Gasteiger partial charge in [-0.3, -0.25) is 4.90 Å². The first-order valence-corrected chi connectivity index (χ1v) is 6.58. The Morgan fingerprint density at radius 2 is 2.11 bits per heavy atom. The Kier molecular flexibility index (Phi) is 3.10. The number of nitrogens with zero attached hydrogens (tertiary/aromatic N) is 1. The van der Waals surface area contributed by atoms with E-state index in [2.05, 4.69) is 30.9 Å². The topological polar surface area (TPSA) is 25.6 Å². The van der Waals surface area contributed by atoms with Gasteiger partial charge >= 0.3 is 0 Å². The van der Waals surface area contributed by atoms with Gasteiger partial charge in [-0.05, 0) is 26.0 Å². The summed E-state index contributed by atoms with van der Waals surface area (Å²) in [6.07, 6.45) is 0.0635. The first kappa shape index (κ1) is 11.8. The van der Waals surface area contributed by atoms with Gasteiger partial charge in [0, 0.05) is 24.5 Å². The van der Waals surface area contributed by atoms with Crippen LogP contribution < -0.4 is 0 Å². The fraction of sp³-hybridized carbons (Fsp3) is 0.467. The lowest BCUT2D eigenvalue weighted by atomic mass is 10.1. The number of rotatable bonds is 2. The van der Waals surface area contributed by atoms with Crippen molar-refractivity contribution in [1.29, 1.82) is 0 Å². The number of hydrogen-bond donors (Lipinski definition) is 0. The van der Waals surface area contributed by atoms with Gasteiger partial charge in [-0.2, -0.15) is 0 Å². The van der Waals surface area contributed by atoms with Crippen LogP contribution >= 0.6 is 0 Å². The minimum absolute atomic E-state index is 0.0635. The third-order valence-electron chi connectivity index (χ3n) is 3.59. The average Bonchev–Trinajstić information content (AvgIpc) is 2.82. The summed E-state index contributed by atoms with van der Waals surface area (Å²) in [6.45, 7) is 7.15.